The molecule has 0 saturated heterocycles. The monoisotopic (exact) mass is 443 g/mol. The molecule has 0 aliphatic rings. The van der Waals surface area contributed by atoms with E-state index in [0.29, 0.717) is 33.2 Å². The van der Waals surface area contributed by atoms with Crippen LogP contribution in [-0.2, 0) is 6.54 Å². The highest BCUT2D eigenvalue weighted by atomic mass is 35.5. The molecule has 4 rings (SSSR count). The van der Waals surface area contributed by atoms with Gasteiger partial charge in [-0.1, -0.05) is 35.3 Å². The minimum absolute atomic E-state index is 0.0469. The largest absolute Gasteiger partial charge is 0.508 e. The van der Waals surface area contributed by atoms with Crippen molar-refractivity contribution in [3.05, 3.63) is 88.0 Å². The molecule has 0 radical (unpaired) electrons. The molecule has 0 fully saturated rings. The van der Waals surface area contributed by atoms with E-state index in [0.717, 1.165) is 11.1 Å². The summed E-state index contributed by atoms with van der Waals surface area (Å²) in [5, 5.41) is 14.1. The van der Waals surface area contributed by atoms with Gasteiger partial charge in [-0.2, -0.15) is 0 Å². The van der Waals surface area contributed by atoms with Gasteiger partial charge < -0.3 is 15.0 Å². The molecule has 2 aromatic carbocycles. The molecule has 0 saturated carbocycles. The van der Waals surface area contributed by atoms with Crippen molar-refractivity contribution in [2.24, 2.45) is 0 Å². The van der Waals surface area contributed by atoms with Crippen LogP contribution in [0.3, 0.4) is 0 Å². The highest BCUT2D eigenvalue weighted by molar-refractivity contribution is 6.38. The summed E-state index contributed by atoms with van der Waals surface area (Å²) in [6.45, 7) is 0.402. The van der Waals surface area contributed by atoms with Gasteiger partial charge in [-0.3, -0.25) is 9.78 Å². The maximum atomic E-state index is 13.2. The zero-order valence-corrected chi connectivity index (χ0v) is 17.1. The van der Waals surface area contributed by atoms with Crippen LogP contribution in [0.25, 0.3) is 10.9 Å². The average molecular weight is 444 g/mol. The van der Waals surface area contributed by atoms with Gasteiger partial charge in [-0.25, -0.2) is 4.39 Å². The van der Waals surface area contributed by atoms with Crippen molar-refractivity contribution in [2.75, 3.05) is 11.9 Å². The van der Waals surface area contributed by atoms with Crippen molar-refractivity contribution in [3.63, 3.8) is 0 Å². The molecule has 0 aliphatic carbocycles. The number of aromatic hydroxyl groups is 1. The lowest BCUT2D eigenvalue weighted by Crippen LogP contribution is -2.14. The molecule has 0 bridgehead atoms. The third kappa shape index (κ3) is 4.10. The topological polar surface area (TPSA) is 67.2 Å². The first-order valence-corrected chi connectivity index (χ1v) is 9.80. The summed E-state index contributed by atoms with van der Waals surface area (Å²) in [7, 11) is 0. The fourth-order valence-electron chi connectivity index (χ4n) is 3.27. The van der Waals surface area contributed by atoms with Crippen LogP contribution in [0.15, 0.2) is 61.1 Å². The van der Waals surface area contributed by atoms with E-state index in [-0.39, 0.29) is 23.9 Å². The van der Waals surface area contributed by atoms with Gasteiger partial charge in [0.2, 0.25) is 0 Å². The molecule has 30 heavy (non-hydrogen) atoms. The van der Waals surface area contributed by atoms with E-state index in [1.807, 2.05) is 4.57 Å². The van der Waals surface area contributed by atoms with Gasteiger partial charge in [-0.15, -0.1) is 0 Å². The van der Waals surface area contributed by atoms with E-state index in [1.54, 1.807) is 36.5 Å². The number of phenols is 1. The fraction of sp³-hybridized carbons (Fsp3) is 0.0909. The number of nitrogens with one attached hydrogen (secondary N) is 1. The van der Waals surface area contributed by atoms with Gasteiger partial charge in [0.1, 0.15) is 11.6 Å². The smallest absolute Gasteiger partial charge is 0.184 e. The Morgan fingerprint density at radius 1 is 1.10 bits per heavy atom. The van der Waals surface area contributed by atoms with Gasteiger partial charge in [0.25, 0.3) is 0 Å². The van der Waals surface area contributed by atoms with Gasteiger partial charge in [-0.05, 0) is 35.9 Å². The number of rotatable bonds is 6. The highest BCUT2D eigenvalue weighted by Gasteiger charge is 2.17. The Labute approximate surface area is 181 Å². The summed E-state index contributed by atoms with van der Waals surface area (Å²) in [5.41, 5.74) is 2.53. The van der Waals surface area contributed by atoms with Crippen molar-refractivity contribution < 1.29 is 14.3 Å². The van der Waals surface area contributed by atoms with Gasteiger partial charge in [0.15, 0.2) is 5.78 Å². The Morgan fingerprint density at radius 3 is 2.50 bits per heavy atom. The number of anilines is 1. The predicted molar refractivity (Wildman–Crippen MR) is 116 cm³/mol. The quantitative estimate of drug-likeness (QED) is 0.384. The number of ketones is 1. The van der Waals surface area contributed by atoms with Gasteiger partial charge >= 0.3 is 0 Å². The SMILES string of the molecule is O=C(CNc1c(Cl)cncc1Cl)c1cn(Cc2ccc(F)cc2)c2ccc(O)cc12. The maximum Gasteiger partial charge on any atom is 0.184 e. The Bertz CT molecular complexity index is 1220. The molecule has 4 aromatic rings. The Balaban J connectivity index is 1.65. The summed E-state index contributed by atoms with van der Waals surface area (Å²) in [6.07, 6.45) is 4.60. The Hall–Kier alpha value is -3.09. The van der Waals surface area contributed by atoms with Crippen LogP contribution < -0.4 is 5.32 Å². The van der Waals surface area contributed by atoms with Crippen LogP contribution in [-0.4, -0.2) is 27.0 Å². The molecule has 8 heteroatoms. The van der Waals surface area contributed by atoms with Crippen molar-refractivity contribution >= 4 is 45.6 Å². The van der Waals surface area contributed by atoms with Crippen LogP contribution in [0, 0.1) is 5.82 Å². The lowest BCUT2D eigenvalue weighted by Gasteiger charge is -2.08. The lowest BCUT2D eigenvalue weighted by molar-refractivity contribution is 0.101. The van der Waals surface area contributed by atoms with Crippen LogP contribution in [0.5, 0.6) is 5.75 Å². The molecule has 0 amide bonds. The number of benzene rings is 2. The van der Waals surface area contributed by atoms with E-state index in [2.05, 4.69) is 10.3 Å². The Kier molecular flexibility index (Phi) is 5.61. The number of hydrogen-bond donors (Lipinski definition) is 2. The number of Topliss-reactive ketones (excluding diaryl/α,β-unsaturated/α-hetero) is 1. The summed E-state index contributed by atoms with van der Waals surface area (Å²) in [6, 6.07) is 11.0. The number of halogens is 3. The zero-order valence-electron chi connectivity index (χ0n) is 15.6. The molecule has 0 aliphatic heterocycles. The maximum absolute atomic E-state index is 13.2. The average Bonchev–Trinajstić information content (AvgIpc) is 3.06. The third-order valence-corrected chi connectivity index (χ3v) is 5.28. The number of nitrogens with zero attached hydrogens (tertiary/aromatic N) is 2. The number of hydrogen-bond acceptors (Lipinski definition) is 4. The van der Waals surface area contributed by atoms with Gasteiger partial charge in [0.05, 0.1) is 22.3 Å². The van der Waals surface area contributed by atoms with Crippen LogP contribution in [0.4, 0.5) is 10.1 Å². The minimum Gasteiger partial charge on any atom is -0.508 e. The first-order chi connectivity index (χ1) is 14.4. The summed E-state index contributed by atoms with van der Waals surface area (Å²) < 4.78 is 15.1. The van der Waals surface area contributed by atoms with Crippen molar-refractivity contribution in [1.82, 2.24) is 9.55 Å². The number of aromatic nitrogens is 2. The van der Waals surface area contributed by atoms with Crippen LogP contribution in [0.2, 0.25) is 10.0 Å². The van der Waals surface area contributed by atoms with Crippen molar-refractivity contribution in [3.8, 4) is 5.75 Å². The number of fused-ring (bicyclic) bond motifs is 1. The molecule has 0 spiro atoms. The van der Waals surface area contributed by atoms with Gasteiger partial charge in [0, 0.05) is 41.6 Å². The molecular formula is C22H16Cl2FN3O2. The van der Waals surface area contributed by atoms with E-state index in [9.17, 15) is 14.3 Å². The highest BCUT2D eigenvalue weighted by Crippen LogP contribution is 2.30. The van der Waals surface area contributed by atoms with E-state index < -0.39 is 0 Å². The fourth-order valence-corrected chi connectivity index (χ4v) is 3.77. The summed E-state index contributed by atoms with van der Waals surface area (Å²) in [5.74, 6) is -0.451. The molecular weight excluding hydrogens is 428 g/mol. The number of carbonyl (C=O) groups excluding carboxylic acids is 1. The predicted octanol–water partition coefficient (Wildman–Crippen LogP) is 5.53. The second-order valence-electron chi connectivity index (χ2n) is 6.75. The molecule has 152 valence electrons. The summed E-state index contributed by atoms with van der Waals surface area (Å²) >= 11 is 12.2. The molecule has 0 unspecified atom stereocenters. The second kappa shape index (κ2) is 8.34. The van der Waals surface area contributed by atoms with E-state index in [4.69, 9.17) is 23.2 Å². The van der Waals surface area contributed by atoms with Crippen LogP contribution in [0.1, 0.15) is 15.9 Å². The van der Waals surface area contributed by atoms with Crippen molar-refractivity contribution in [1.29, 1.82) is 0 Å². The minimum atomic E-state index is -0.309. The standard InChI is InChI=1S/C22H16Cl2FN3O2/c23-18-8-26-9-19(24)22(18)27-10-21(30)17-12-28(11-13-1-3-14(25)4-2-13)20-6-5-15(29)7-16(17)20/h1-9,12,29H,10-11H2,(H,26,27). The molecule has 2 heterocycles. The zero-order chi connectivity index (χ0) is 21.3. The molecule has 2 N–H and O–H groups in total. The molecule has 0 atom stereocenters. The van der Waals surface area contributed by atoms with E-state index in [1.165, 1.54) is 24.5 Å². The number of pyridine rings is 1. The summed E-state index contributed by atoms with van der Waals surface area (Å²) in [4.78, 5) is 16.9. The first kappa shape index (κ1) is 20.2. The normalized spacial score (nSPS) is 11.0. The third-order valence-electron chi connectivity index (χ3n) is 4.71. The lowest BCUT2D eigenvalue weighted by atomic mass is 10.1. The van der Waals surface area contributed by atoms with Crippen LogP contribution >= 0.6 is 23.2 Å². The number of carbonyl (C=O) groups is 1. The first-order valence-electron chi connectivity index (χ1n) is 9.05. The van der Waals surface area contributed by atoms with E-state index >= 15 is 0 Å². The second-order valence-corrected chi connectivity index (χ2v) is 7.57. The molecule has 2 aromatic heterocycles. The Morgan fingerprint density at radius 2 is 1.80 bits per heavy atom. The number of phenolic OH excluding ortho intramolecular Hbond substituents is 1. The van der Waals surface area contributed by atoms with Crippen molar-refractivity contribution in [2.45, 2.75) is 6.54 Å². The molecule has 5 nitrogen and oxygen atoms in total.